The molecule has 10 aromatic carbocycles. The fourth-order valence-corrected chi connectivity index (χ4v) is 11.8. The number of benzene rings is 10. The molecule has 2 heterocycles. The molecule has 0 fully saturated rings. The number of aromatic nitrogens is 2. The molecule has 0 aliphatic heterocycles. The van der Waals surface area contributed by atoms with Gasteiger partial charge in [-0.3, -0.25) is 0 Å². The molecule has 16 heteroatoms. The molecule has 0 saturated carbocycles. The lowest BCUT2D eigenvalue weighted by atomic mass is 9.96. The third kappa shape index (κ3) is 10.2. The highest BCUT2D eigenvalue weighted by molar-refractivity contribution is 6.14. The lowest BCUT2D eigenvalue weighted by molar-refractivity contribution is -0.143. The summed E-state index contributed by atoms with van der Waals surface area (Å²) in [6.07, 6.45) is -19.7. The van der Waals surface area contributed by atoms with Gasteiger partial charge in [0.25, 0.3) is 0 Å². The van der Waals surface area contributed by atoms with E-state index in [4.69, 9.17) is 0 Å². The van der Waals surface area contributed by atoms with Crippen LogP contribution >= 0.6 is 0 Å². The number of nitriles is 2. The van der Waals surface area contributed by atoms with E-state index in [0.717, 1.165) is 46.5 Å². The van der Waals surface area contributed by atoms with Gasteiger partial charge in [0, 0.05) is 27.1 Å². The first-order valence-corrected chi connectivity index (χ1v) is 26.7. The second-order valence-electron chi connectivity index (χ2n) is 21.6. The van der Waals surface area contributed by atoms with Gasteiger partial charge in [0.2, 0.25) is 0 Å². The highest BCUT2D eigenvalue weighted by Gasteiger charge is 2.38. The van der Waals surface area contributed by atoms with E-state index in [2.05, 4.69) is 12.1 Å². The van der Waals surface area contributed by atoms with Crippen molar-refractivity contribution in [3.63, 3.8) is 0 Å². The van der Waals surface area contributed by atoms with E-state index in [1.807, 2.05) is 60.9 Å². The minimum atomic E-state index is -5.17. The summed E-state index contributed by atoms with van der Waals surface area (Å²) in [5.74, 6) is 0. The van der Waals surface area contributed by atoms with Gasteiger partial charge >= 0.3 is 24.7 Å². The van der Waals surface area contributed by atoms with E-state index in [-0.39, 0.29) is 50.5 Å². The summed E-state index contributed by atoms with van der Waals surface area (Å²) in [5, 5.41) is 23.6. The van der Waals surface area contributed by atoms with Crippen LogP contribution < -0.4 is 0 Å². The SMILES string of the molecule is Cc1cc(C)cc(-c2ccc3c(c2)c2cc(-c4cc(C)cc(C(F)(F)F)c4)ccc2n3-c2cc(C#N)c(-n3c4ccc(-c5cc(C)cc(C(F)(F)F)c5)cc4c4cc(-c5cc(C(F)(F)F)cc(C(F)(F)F)c5)ccc43)cc2-c2cccc(C#N)c2)c1. The zero-order valence-corrected chi connectivity index (χ0v) is 45.6. The average Bonchev–Trinajstić information content (AvgIpc) is 2.69. The molecule has 4 nitrogen and oxygen atoms in total. The highest BCUT2D eigenvalue weighted by Crippen LogP contribution is 2.46. The molecule has 0 aliphatic carbocycles. The zero-order chi connectivity index (χ0) is 61.1. The summed E-state index contributed by atoms with van der Waals surface area (Å²) < 4.78 is 175. The number of hydrogen-bond acceptors (Lipinski definition) is 2. The molecule has 0 aliphatic rings. The molecule has 0 atom stereocenters. The normalized spacial score (nSPS) is 12.4. The summed E-state index contributed by atoms with van der Waals surface area (Å²) in [6, 6.07) is 49.6. The van der Waals surface area contributed by atoms with Crippen LogP contribution in [0.5, 0.6) is 0 Å². The van der Waals surface area contributed by atoms with Gasteiger partial charge in [0.1, 0.15) is 6.07 Å². The standard InChI is InChI=1S/C70H42F12N4/c1-37-16-38(2)18-47(17-37)42-8-14-63-59(28-42)60-30-44(49-20-40(4)22-53(25-49)68(74,75)76)10-15-64(60)86(63)66-32-51(36-84)65(34-56(66)46-7-5-6-41(23-46)35-83)85-61-12-9-43(48-19-39(3)21-52(24-48)67(71,72)73)29-57(61)58-31-45(11-13-62(58)85)50-26-54(69(77,78)79)33-55(27-50)70(80,81)82/h5-34H,1-4H3. The maximum atomic E-state index is 14.3. The predicted molar refractivity (Wildman–Crippen MR) is 311 cm³/mol. The van der Waals surface area contributed by atoms with Gasteiger partial charge in [-0.2, -0.15) is 63.2 Å². The summed E-state index contributed by atoms with van der Waals surface area (Å²) in [7, 11) is 0. The molecular formula is C70H42F12N4. The van der Waals surface area contributed by atoms with Crippen LogP contribution in [0.15, 0.2) is 182 Å². The van der Waals surface area contributed by atoms with Crippen molar-refractivity contribution < 1.29 is 52.7 Å². The highest BCUT2D eigenvalue weighted by atomic mass is 19.4. The molecule has 426 valence electrons. The Morgan fingerprint density at radius 3 is 1.02 bits per heavy atom. The molecule has 2 aromatic heterocycles. The number of aryl methyl sites for hydroxylation is 4. The molecule has 86 heavy (non-hydrogen) atoms. The van der Waals surface area contributed by atoms with Gasteiger partial charge in [0.15, 0.2) is 0 Å². The van der Waals surface area contributed by atoms with Crippen molar-refractivity contribution in [3.8, 4) is 79.1 Å². The lowest BCUT2D eigenvalue weighted by Gasteiger charge is -2.19. The first kappa shape index (κ1) is 56.4. The monoisotopic (exact) mass is 1170 g/mol. The molecular weight excluding hydrogens is 1120 g/mol. The Morgan fingerprint density at radius 1 is 0.302 bits per heavy atom. The van der Waals surface area contributed by atoms with Crippen molar-refractivity contribution >= 4 is 43.6 Å². The minimum Gasteiger partial charge on any atom is -0.309 e. The Kier molecular flexibility index (Phi) is 13.3. The number of alkyl halides is 12. The van der Waals surface area contributed by atoms with Crippen molar-refractivity contribution in [3.05, 3.63) is 238 Å². The quantitative estimate of drug-likeness (QED) is 0.149. The van der Waals surface area contributed by atoms with Crippen LogP contribution in [0.3, 0.4) is 0 Å². The Bertz CT molecular complexity index is 4850. The fourth-order valence-electron chi connectivity index (χ4n) is 11.8. The maximum absolute atomic E-state index is 14.3. The van der Waals surface area contributed by atoms with Crippen LogP contribution in [0, 0.1) is 50.4 Å². The van der Waals surface area contributed by atoms with Gasteiger partial charge in [-0.25, -0.2) is 0 Å². The Balaban J connectivity index is 1.16. The molecule has 0 amide bonds. The second kappa shape index (κ2) is 20.3. The largest absolute Gasteiger partial charge is 0.416 e. The lowest BCUT2D eigenvalue weighted by Crippen LogP contribution is -2.11. The van der Waals surface area contributed by atoms with Crippen molar-refractivity contribution in [2.45, 2.75) is 52.4 Å². The first-order chi connectivity index (χ1) is 40.6. The first-order valence-electron chi connectivity index (χ1n) is 26.7. The summed E-state index contributed by atoms with van der Waals surface area (Å²) in [4.78, 5) is 0. The van der Waals surface area contributed by atoms with Gasteiger partial charge < -0.3 is 9.13 Å². The third-order valence-corrected chi connectivity index (χ3v) is 15.5. The maximum Gasteiger partial charge on any atom is 0.416 e. The topological polar surface area (TPSA) is 57.4 Å². The molecule has 0 saturated heterocycles. The predicted octanol–water partition coefficient (Wildman–Crippen LogP) is 21.3. The van der Waals surface area contributed by atoms with E-state index < -0.39 is 52.5 Å². The summed E-state index contributed by atoms with van der Waals surface area (Å²) >= 11 is 0. The van der Waals surface area contributed by atoms with E-state index in [9.17, 15) is 63.2 Å². The molecule has 12 rings (SSSR count). The molecule has 0 N–H and O–H groups in total. The fraction of sp³-hybridized carbons (Fsp3) is 0.114. The zero-order valence-electron chi connectivity index (χ0n) is 45.6. The average molecular weight is 1170 g/mol. The molecule has 0 spiro atoms. The van der Waals surface area contributed by atoms with Crippen LogP contribution in [0.25, 0.3) is 111 Å². The van der Waals surface area contributed by atoms with Crippen LogP contribution in [-0.4, -0.2) is 9.13 Å². The summed E-state index contributed by atoms with van der Waals surface area (Å²) in [5.41, 5.74) is 4.21. The van der Waals surface area contributed by atoms with E-state index >= 15 is 0 Å². The van der Waals surface area contributed by atoms with Gasteiger partial charge in [0.05, 0.1) is 72.9 Å². The summed E-state index contributed by atoms with van der Waals surface area (Å²) in [6.45, 7) is 7.05. The van der Waals surface area contributed by atoms with Crippen LogP contribution in [-0.2, 0) is 24.7 Å². The number of hydrogen-bond donors (Lipinski definition) is 0. The molecule has 0 bridgehead atoms. The Hall–Kier alpha value is -10.1. The third-order valence-electron chi connectivity index (χ3n) is 15.5. The Labute approximate surface area is 483 Å². The van der Waals surface area contributed by atoms with Crippen molar-refractivity contribution in [1.82, 2.24) is 9.13 Å². The van der Waals surface area contributed by atoms with Crippen LogP contribution in [0.4, 0.5) is 52.7 Å². The number of rotatable bonds is 7. The Morgan fingerprint density at radius 2 is 0.651 bits per heavy atom. The van der Waals surface area contributed by atoms with E-state index in [1.165, 1.54) is 25.1 Å². The number of fused-ring (bicyclic) bond motifs is 6. The van der Waals surface area contributed by atoms with Gasteiger partial charge in [-0.05, 0) is 204 Å². The number of halogens is 12. The van der Waals surface area contributed by atoms with Gasteiger partial charge in [-0.1, -0.05) is 77.9 Å². The molecule has 0 unspecified atom stereocenters. The molecule has 12 aromatic rings. The minimum absolute atomic E-state index is 0.0236. The smallest absolute Gasteiger partial charge is 0.309 e. The van der Waals surface area contributed by atoms with E-state index in [0.29, 0.717) is 83.9 Å². The van der Waals surface area contributed by atoms with Crippen molar-refractivity contribution in [1.29, 1.82) is 10.5 Å². The van der Waals surface area contributed by atoms with Crippen molar-refractivity contribution in [2.75, 3.05) is 0 Å². The number of nitrogens with zero attached hydrogens (tertiary/aromatic N) is 4. The second-order valence-corrected chi connectivity index (χ2v) is 21.6. The van der Waals surface area contributed by atoms with E-state index in [1.54, 1.807) is 90.4 Å². The van der Waals surface area contributed by atoms with Crippen molar-refractivity contribution in [2.24, 2.45) is 0 Å². The molecule has 0 radical (unpaired) electrons. The van der Waals surface area contributed by atoms with Crippen LogP contribution in [0.1, 0.15) is 55.6 Å². The van der Waals surface area contributed by atoms with Gasteiger partial charge in [-0.15, -0.1) is 0 Å². The van der Waals surface area contributed by atoms with Crippen LogP contribution in [0.2, 0.25) is 0 Å².